The van der Waals surface area contributed by atoms with E-state index in [0.717, 1.165) is 0 Å². The number of amides is 1. The molecular weight excluding hydrogens is 418 g/mol. The quantitative estimate of drug-likeness (QED) is 0.337. The van der Waals surface area contributed by atoms with Gasteiger partial charge in [0.1, 0.15) is 22.8 Å². The molecule has 10 nitrogen and oxygen atoms in total. The summed E-state index contributed by atoms with van der Waals surface area (Å²) in [5.41, 5.74) is 8.13. The van der Waals surface area contributed by atoms with E-state index in [1.54, 1.807) is 26.2 Å². The molecule has 4 unspecified atom stereocenters. The average Bonchev–Trinajstić information content (AvgIpc) is 2.70. The van der Waals surface area contributed by atoms with E-state index < -0.39 is 58.0 Å². The molecule has 0 aliphatic heterocycles. The number of Topliss-reactive ketones (excluding diaryl/α,β-unsaturated/α-hetero) is 2. The van der Waals surface area contributed by atoms with E-state index in [2.05, 4.69) is 0 Å². The van der Waals surface area contributed by atoms with Crippen molar-refractivity contribution in [3.63, 3.8) is 0 Å². The van der Waals surface area contributed by atoms with Gasteiger partial charge in [0.05, 0.1) is 11.6 Å². The van der Waals surface area contributed by atoms with Gasteiger partial charge < -0.3 is 31.9 Å². The van der Waals surface area contributed by atoms with Crippen LogP contribution in [0.25, 0.3) is 0 Å². The van der Waals surface area contributed by atoms with Crippen molar-refractivity contribution in [1.29, 1.82) is 0 Å². The lowest BCUT2D eigenvalue weighted by atomic mass is 9.58. The van der Waals surface area contributed by atoms with Crippen LogP contribution in [0.1, 0.15) is 27.9 Å². The number of phenolic OH excluding ortho intramolecular Hbond substituents is 1. The fourth-order valence-electron chi connectivity index (χ4n) is 5.43. The number of likely N-dealkylation sites (N-methyl/N-ethyl adjacent to an activating group) is 1. The van der Waals surface area contributed by atoms with Gasteiger partial charge in [-0.15, -0.1) is 0 Å². The molecule has 0 saturated heterocycles. The topological polar surface area (TPSA) is 187 Å². The Bertz CT molecular complexity index is 1140. The van der Waals surface area contributed by atoms with Gasteiger partial charge >= 0.3 is 0 Å². The molecule has 1 aromatic rings. The minimum atomic E-state index is -2.63. The highest BCUT2D eigenvalue weighted by Gasteiger charge is 2.63. The van der Waals surface area contributed by atoms with Crippen molar-refractivity contribution in [2.75, 3.05) is 14.1 Å². The number of hydrogen-bond acceptors (Lipinski definition) is 9. The molecule has 3 aliphatic carbocycles. The lowest BCUT2D eigenvalue weighted by Crippen LogP contribution is -2.63. The van der Waals surface area contributed by atoms with Crippen LogP contribution in [0.15, 0.2) is 34.8 Å². The van der Waals surface area contributed by atoms with Gasteiger partial charge in [-0.25, -0.2) is 0 Å². The fraction of sp³-hybridized carbons (Fsp3) is 0.409. The number of fused-ring (bicyclic) bond motifs is 3. The van der Waals surface area contributed by atoms with E-state index in [0.29, 0.717) is 11.1 Å². The molecule has 32 heavy (non-hydrogen) atoms. The molecule has 1 amide bonds. The second kappa shape index (κ2) is 7.16. The molecule has 170 valence electrons. The number of carbonyl (C=O) groups is 3. The lowest BCUT2D eigenvalue weighted by Gasteiger charge is -2.50. The van der Waals surface area contributed by atoms with Crippen LogP contribution in [-0.4, -0.2) is 68.5 Å². The molecule has 0 spiro atoms. The number of nitrogens with two attached hydrogens (primary N) is 2. The second-order valence-corrected chi connectivity index (χ2v) is 8.77. The summed E-state index contributed by atoms with van der Waals surface area (Å²) < 4.78 is 0. The molecule has 10 heteroatoms. The van der Waals surface area contributed by atoms with Crippen LogP contribution < -0.4 is 11.5 Å². The molecule has 4 atom stereocenters. The minimum absolute atomic E-state index is 0.0120. The van der Waals surface area contributed by atoms with Gasteiger partial charge in [0.25, 0.3) is 5.91 Å². The zero-order chi connectivity index (χ0) is 23.7. The van der Waals surface area contributed by atoms with Gasteiger partial charge in [-0.3, -0.25) is 19.3 Å². The van der Waals surface area contributed by atoms with Crippen molar-refractivity contribution >= 4 is 17.5 Å². The fourth-order valence-corrected chi connectivity index (χ4v) is 5.43. The van der Waals surface area contributed by atoms with Crippen LogP contribution in [0.5, 0.6) is 5.75 Å². The van der Waals surface area contributed by atoms with Crippen molar-refractivity contribution in [1.82, 2.24) is 4.90 Å². The van der Waals surface area contributed by atoms with Gasteiger partial charge in [-0.2, -0.15) is 0 Å². The molecule has 0 heterocycles. The number of aromatic hydroxyl groups is 1. The van der Waals surface area contributed by atoms with Gasteiger partial charge in [0, 0.05) is 23.6 Å². The van der Waals surface area contributed by atoms with E-state index in [1.807, 2.05) is 0 Å². The van der Waals surface area contributed by atoms with Crippen molar-refractivity contribution in [3.8, 4) is 5.75 Å². The maximum atomic E-state index is 13.4. The summed E-state index contributed by atoms with van der Waals surface area (Å²) in [7, 11) is 3.17. The standard InChI is InChI=1S/C22H25N3O7/c1-25(2)15-11-6-10-5-8-3-4-9(7-23)16(26)12(8)17(27)13(10)19(29)22(11,32)20(30)14(18(15)28)21(24)31/h3-4,10-11,15,26,28-29,32H,5-7,23H2,1-2H3,(H2,24,31). The number of carbonyl (C=O) groups excluding carboxylic acids is 3. The van der Waals surface area contributed by atoms with E-state index in [9.17, 15) is 34.8 Å². The van der Waals surface area contributed by atoms with Crippen LogP contribution in [0.4, 0.5) is 0 Å². The number of benzene rings is 1. The van der Waals surface area contributed by atoms with Crippen molar-refractivity contribution in [3.05, 3.63) is 51.5 Å². The number of aliphatic hydroxyl groups excluding tert-OH is 2. The van der Waals surface area contributed by atoms with Crippen LogP contribution in [0.2, 0.25) is 0 Å². The van der Waals surface area contributed by atoms with Crippen LogP contribution in [-0.2, 0) is 22.6 Å². The highest BCUT2D eigenvalue weighted by atomic mass is 16.3. The minimum Gasteiger partial charge on any atom is -0.510 e. The van der Waals surface area contributed by atoms with E-state index in [-0.39, 0.29) is 36.3 Å². The summed E-state index contributed by atoms with van der Waals surface area (Å²) in [4.78, 5) is 40.0. The number of hydrogen-bond donors (Lipinski definition) is 6. The first-order valence-electron chi connectivity index (χ1n) is 10.1. The second-order valence-electron chi connectivity index (χ2n) is 8.77. The molecule has 1 aromatic carbocycles. The first-order valence-corrected chi connectivity index (χ1v) is 10.1. The number of nitrogens with zero attached hydrogens (tertiary/aromatic N) is 1. The summed E-state index contributed by atoms with van der Waals surface area (Å²) in [6.07, 6.45) is 0.318. The maximum absolute atomic E-state index is 13.4. The largest absolute Gasteiger partial charge is 0.510 e. The summed E-state index contributed by atoms with van der Waals surface area (Å²) in [6.45, 7) is -0.0120. The molecule has 0 saturated carbocycles. The first-order chi connectivity index (χ1) is 15.0. The molecule has 3 aliphatic rings. The predicted octanol–water partition coefficient (Wildman–Crippen LogP) is -0.421. The third-order valence-electron chi connectivity index (χ3n) is 6.90. The number of allylic oxidation sites excluding steroid dienone is 1. The van der Waals surface area contributed by atoms with E-state index in [1.165, 1.54) is 4.90 Å². The Hall–Kier alpha value is -3.21. The molecule has 4 rings (SSSR count). The van der Waals surface area contributed by atoms with Crippen molar-refractivity contribution in [2.45, 2.75) is 31.0 Å². The van der Waals surface area contributed by atoms with Crippen molar-refractivity contribution in [2.24, 2.45) is 23.3 Å². The number of phenols is 1. The van der Waals surface area contributed by atoms with Crippen LogP contribution in [0.3, 0.4) is 0 Å². The summed E-state index contributed by atoms with van der Waals surface area (Å²) in [5, 5.41) is 43.8. The Balaban J connectivity index is 1.96. The number of primary amides is 1. The number of aliphatic hydroxyl groups is 3. The summed E-state index contributed by atoms with van der Waals surface area (Å²) >= 11 is 0. The van der Waals surface area contributed by atoms with Gasteiger partial charge in [-0.1, -0.05) is 12.1 Å². The smallest absolute Gasteiger partial charge is 0.255 e. The SMILES string of the molecule is CN(C)C1C(O)=C(C(N)=O)C(=O)C2(O)C(O)=C3C(=O)c4c(ccc(CN)c4O)CC3CC12. The van der Waals surface area contributed by atoms with E-state index in [4.69, 9.17) is 11.5 Å². The monoisotopic (exact) mass is 443 g/mol. The normalized spacial score (nSPS) is 29.7. The zero-order valence-electron chi connectivity index (χ0n) is 17.6. The molecular formula is C22H25N3O7. The van der Waals surface area contributed by atoms with Crippen LogP contribution in [0, 0.1) is 11.8 Å². The number of rotatable bonds is 3. The van der Waals surface area contributed by atoms with Gasteiger partial charge in [-0.05, 0) is 38.4 Å². The first kappa shape index (κ1) is 22.0. The highest BCUT2D eigenvalue weighted by molar-refractivity contribution is 6.24. The Morgan fingerprint density at radius 2 is 1.88 bits per heavy atom. The predicted molar refractivity (Wildman–Crippen MR) is 112 cm³/mol. The zero-order valence-corrected chi connectivity index (χ0v) is 17.6. The Labute approximate surface area is 183 Å². The lowest BCUT2D eigenvalue weighted by molar-refractivity contribution is -0.148. The Morgan fingerprint density at radius 3 is 2.44 bits per heavy atom. The molecule has 0 fully saturated rings. The molecule has 0 radical (unpaired) electrons. The van der Waals surface area contributed by atoms with Crippen LogP contribution >= 0.6 is 0 Å². The molecule has 8 N–H and O–H groups in total. The Morgan fingerprint density at radius 1 is 1.22 bits per heavy atom. The summed E-state index contributed by atoms with van der Waals surface area (Å²) in [5.74, 6) is -6.62. The third-order valence-corrected chi connectivity index (χ3v) is 6.90. The van der Waals surface area contributed by atoms with Gasteiger partial charge in [0.2, 0.25) is 5.78 Å². The Kier molecular flexibility index (Phi) is 4.92. The average molecular weight is 443 g/mol. The maximum Gasteiger partial charge on any atom is 0.255 e. The van der Waals surface area contributed by atoms with E-state index >= 15 is 0 Å². The highest BCUT2D eigenvalue weighted by Crippen LogP contribution is 2.52. The van der Waals surface area contributed by atoms with Gasteiger partial charge in [0.15, 0.2) is 11.4 Å². The number of ketones is 2. The molecule has 0 bridgehead atoms. The molecule has 0 aromatic heterocycles. The summed E-state index contributed by atoms with van der Waals surface area (Å²) in [6, 6.07) is 2.30. The third kappa shape index (κ3) is 2.66. The van der Waals surface area contributed by atoms with Crippen molar-refractivity contribution < 1.29 is 34.8 Å².